The summed E-state index contributed by atoms with van der Waals surface area (Å²) >= 11 is 0. The first-order chi connectivity index (χ1) is 8.35. The van der Waals surface area contributed by atoms with E-state index in [1.54, 1.807) is 0 Å². The summed E-state index contributed by atoms with van der Waals surface area (Å²) in [4.78, 5) is 11.6. The number of carbonyl (C=O) groups excluding carboxylic acids is 1. The van der Waals surface area contributed by atoms with Crippen LogP contribution in [0.5, 0.6) is 0 Å². The van der Waals surface area contributed by atoms with E-state index in [1.165, 1.54) is 7.11 Å². The molecule has 0 aliphatic heterocycles. The molecule has 0 aromatic carbocycles. The number of methoxy groups -OCH3 is 1. The Morgan fingerprint density at radius 3 is 2.83 bits per heavy atom. The Morgan fingerprint density at radius 2 is 2.28 bits per heavy atom. The number of ether oxygens (including phenoxy) is 1. The molecule has 1 amide bonds. The van der Waals surface area contributed by atoms with Crippen molar-refractivity contribution < 1.29 is 22.7 Å². The molecule has 1 rings (SSSR count). The maximum Gasteiger partial charge on any atom is 0.408 e. The highest BCUT2D eigenvalue weighted by Crippen LogP contribution is 2.20. The molecule has 1 heterocycles. The Balaban J connectivity index is 2.80. The van der Waals surface area contributed by atoms with Crippen LogP contribution in [-0.4, -0.2) is 42.1 Å². The molecule has 0 aliphatic carbocycles. The second-order valence-corrected chi connectivity index (χ2v) is 3.47. The number of alkyl halides is 3. The quantitative estimate of drug-likeness (QED) is 0.756. The number of halogens is 3. The highest BCUT2D eigenvalue weighted by atomic mass is 19.4. The maximum absolute atomic E-state index is 12.2. The second-order valence-electron chi connectivity index (χ2n) is 3.47. The number of hydrogen-bond donors (Lipinski definition) is 2. The van der Waals surface area contributed by atoms with Crippen LogP contribution in [0.3, 0.4) is 0 Å². The van der Waals surface area contributed by atoms with E-state index in [2.05, 4.69) is 10.4 Å². The minimum Gasteiger partial charge on any atom is -0.396 e. The molecule has 0 atom stereocenters. The standard InChI is InChI=1S/C9H13F3N4O2/c1-18-3-2-14-8(17)7-6(13)4-15-16(7)5-9(10,11)12/h4H,2-3,5,13H2,1H3,(H,14,17). The van der Waals surface area contributed by atoms with Crippen LogP contribution in [0.15, 0.2) is 6.20 Å². The van der Waals surface area contributed by atoms with Gasteiger partial charge >= 0.3 is 6.18 Å². The molecular formula is C9H13F3N4O2. The average molecular weight is 266 g/mol. The van der Waals surface area contributed by atoms with Crippen molar-refractivity contribution in [3.8, 4) is 0 Å². The van der Waals surface area contributed by atoms with Gasteiger partial charge in [-0.2, -0.15) is 18.3 Å². The first-order valence-electron chi connectivity index (χ1n) is 5.00. The Bertz CT molecular complexity index is 416. The number of rotatable bonds is 5. The lowest BCUT2D eigenvalue weighted by Crippen LogP contribution is -2.31. The van der Waals surface area contributed by atoms with E-state index in [1.807, 2.05) is 0 Å². The van der Waals surface area contributed by atoms with Crippen molar-refractivity contribution in [2.75, 3.05) is 26.0 Å². The third-order valence-corrected chi connectivity index (χ3v) is 2.00. The van der Waals surface area contributed by atoms with Gasteiger partial charge in [0.25, 0.3) is 5.91 Å². The smallest absolute Gasteiger partial charge is 0.396 e. The van der Waals surface area contributed by atoms with E-state index in [0.717, 1.165) is 6.20 Å². The van der Waals surface area contributed by atoms with Crippen molar-refractivity contribution in [2.24, 2.45) is 0 Å². The van der Waals surface area contributed by atoms with Gasteiger partial charge in [0, 0.05) is 13.7 Å². The minimum absolute atomic E-state index is 0.103. The van der Waals surface area contributed by atoms with Crippen LogP contribution in [0.4, 0.5) is 18.9 Å². The van der Waals surface area contributed by atoms with E-state index in [-0.39, 0.29) is 24.5 Å². The van der Waals surface area contributed by atoms with Crippen molar-refractivity contribution >= 4 is 11.6 Å². The zero-order valence-corrected chi connectivity index (χ0v) is 9.62. The molecular weight excluding hydrogens is 253 g/mol. The number of nitrogens with two attached hydrogens (primary N) is 1. The van der Waals surface area contributed by atoms with Crippen LogP contribution < -0.4 is 11.1 Å². The van der Waals surface area contributed by atoms with Gasteiger partial charge in [-0.3, -0.25) is 4.79 Å². The molecule has 6 nitrogen and oxygen atoms in total. The second kappa shape index (κ2) is 5.71. The summed E-state index contributed by atoms with van der Waals surface area (Å²) in [5.74, 6) is -0.716. The van der Waals surface area contributed by atoms with E-state index in [0.29, 0.717) is 4.68 Å². The summed E-state index contributed by atoms with van der Waals surface area (Å²) < 4.78 is 42.0. The van der Waals surface area contributed by atoms with E-state index >= 15 is 0 Å². The molecule has 0 unspecified atom stereocenters. The van der Waals surface area contributed by atoms with Gasteiger partial charge in [0.15, 0.2) is 0 Å². The lowest BCUT2D eigenvalue weighted by Gasteiger charge is -2.10. The molecule has 0 bridgehead atoms. The molecule has 1 aromatic heterocycles. The average Bonchev–Trinajstić information content (AvgIpc) is 2.57. The molecule has 102 valence electrons. The van der Waals surface area contributed by atoms with Gasteiger partial charge in [-0.15, -0.1) is 0 Å². The number of hydrogen-bond acceptors (Lipinski definition) is 4. The predicted molar refractivity (Wildman–Crippen MR) is 56.9 cm³/mol. The number of anilines is 1. The normalized spacial score (nSPS) is 11.6. The first-order valence-corrected chi connectivity index (χ1v) is 5.00. The Labute approximate surface area is 101 Å². The lowest BCUT2D eigenvalue weighted by atomic mass is 10.3. The van der Waals surface area contributed by atoms with Gasteiger partial charge in [0.05, 0.1) is 18.5 Å². The van der Waals surface area contributed by atoms with Crippen molar-refractivity contribution in [1.29, 1.82) is 0 Å². The monoisotopic (exact) mass is 266 g/mol. The number of carbonyl (C=O) groups is 1. The van der Waals surface area contributed by atoms with Crippen LogP contribution in [0.25, 0.3) is 0 Å². The maximum atomic E-state index is 12.2. The van der Waals surface area contributed by atoms with Crippen LogP contribution in [0, 0.1) is 0 Å². The molecule has 3 N–H and O–H groups in total. The highest BCUT2D eigenvalue weighted by Gasteiger charge is 2.31. The Kier molecular flexibility index (Phi) is 4.54. The molecule has 0 aliphatic rings. The van der Waals surface area contributed by atoms with Crippen LogP contribution in [0.1, 0.15) is 10.5 Å². The van der Waals surface area contributed by atoms with Gasteiger partial charge in [0.2, 0.25) is 0 Å². The summed E-state index contributed by atoms with van der Waals surface area (Å²) in [6, 6.07) is 0. The molecule has 0 saturated carbocycles. The first kappa shape index (κ1) is 14.3. The summed E-state index contributed by atoms with van der Waals surface area (Å²) in [5.41, 5.74) is 5.02. The van der Waals surface area contributed by atoms with Crippen molar-refractivity contribution in [3.63, 3.8) is 0 Å². The zero-order valence-electron chi connectivity index (χ0n) is 9.62. The van der Waals surface area contributed by atoms with Crippen LogP contribution >= 0.6 is 0 Å². The zero-order chi connectivity index (χ0) is 13.8. The van der Waals surface area contributed by atoms with Crippen molar-refractivity contribution in [3.05, 3.63) is 11.9 Å². The largest absolute Gasteiger partial charge is 0.408 e. The molecule has 0 fully saturated rings. The number of nitrogen functional groups attached to an aromatic ring is 1. The van der Waals surface area contributed by atoms with E-state index in [4.69, 9.17) is 10.5 Å². The summed E-state index contributed by atoms with van der Waals surface area (Å²) in [5, 5.41) is 5.81. The predicted octanol–water partition coefficient (Wildman–Crippen LogP) is 0.404. The Morgan fingerprint density at radius 1 is 1.61 bits per heavy atom. The Hall–Kier alpha value is -1.77. The molecule has 9 heteroatoms. The van der Waals surface area contributed by atoms with E-state index in [9.17, 15) is 18.0 Å². The summed E-state index contributed by atoms with van der Waals surface area (Å²) in [6.07, 6.45) is -3.46. The third kappa shape index (κ3) is 3.91. The number of nitrogens with zero attached hydrogens (tertiary/aromatic N) is 2. The number of amides is 1. The van der Waals surface area contributed by atoms with Gasteiger partial charge in [-0.05, 0) is 0 Å². The van der Waals surface area contributed by atoms with Crippen molar-refractivity contribution in [2.45, 2.75) is 12.7 Å². The van der Waals surface area contributed by atoms with Crippen LogP contribution in [-0.2, 0) is 11.3 Å². The minimum atomic E-state index is -4.47. The molecule has 1 aromatic rings. The SMILES string of the molecule is COCCNC(=O)c1c(N)cnn1CC(F)(F)F. The van der Waals surface area contributed by atoms with Gasteiger partial charge < -0.3 is 15.8 Å². The summed E-state index contributed by atoms with van der Waals surface area (Å²) in [6.45, 7) is -0.942. The summed E-state index contributed by atoms with van der Waals surface area (Å²) in [7, 11) is 1.44. The van der Waals surface area contributed by atoms with Gasteiger partial charge in [-0.1, -0.05) is 0 Å². The van der Waals surface area contributed by atoms with E-state index < -0.39 is 18.6 Å². The fourth-order valence-corrected chi connectivity index (χ4v) is 1.29. The molecule has 0 saturated heterocycles. The topological polar surface area (TPSA) is 82.2 Å². The molecule has 0 radical (unpaired) electrons. The van der Waals surface area contributed by atoms with Gasteiger partial charge in [0.1, 0.15) is 12.2 Å². The molecule has 18 heavy (non-hydrogen) atoms. The number of nitrogens with one attached hydrogen (secondary N) is 1. The van der Waals surface area contributed by atoms with Crippen LogP contribution in [0.2, 0.25) is 0 Å². The van der Waals surface area contributed by atoms with Crippen molar-refractivity contribution in [1.82, 2.24) is 15.1 Å². The fourth-order valence-electron chi connectivity index (χ4n) is 1.29. The lowest BCUT2D eigenvalue weighted by molar-refractivity contribution is -0.142. The van der Waals surface area contributed by atoms with Gasteiger partial charge in [-0.25, -0.2) is 4.68 Å². The number of aromatic nitrogens is 2. The fraction of sp³-hybridized carbons (Fsp3) is 0.556. The highest BCUT2D eigenvalue weighted by molar-refractivity contribution is 5.97. The third-order valence-electron chi connectivity index (χ3n) is 2.00. The molecule has 0 spiro atoms.